The summed E-state index contributed by atoms with van der Waals surface area (Å²) in [5.41, 5.74) is 0. The Morgan fingerprint density at radius 2 is 2.00 bits per heavy atom. The van der Waals surface area contributed by atoms with Gasteiger partial charge in [0.2, 0.25) is 5.91 Å². The van der Waals surface area contributed by atoms with E-state index in [1.807, 2.05) is 22.7 Å². The summed E-state index contributed by atoms with van der Waals surface area (Å²) in [6, 6.07) is 1.75. The quantitative estimate of drug-likeness (QED) is 0.648. The molecule has 3 rings (SSSR count). The first-order valence-corrected chi connectivity index (χ1v) is 8.96. The highest BCUT2D eigenvalue weighted by Crippen LogP contribution is 2.30. The molecule has 0 radical (unpaired) electrons. The fourth-order valence-corrected chi connectivity index (χ4v) is 3.62. The lowest BCUT2D eigenvalue weighted by atomic mass is 9.90. The molecule has 1 fully saturated rings. The Morgan fingerprint density at radius 3 is 2.62 bits per heavy atom. The minimum Gasteiger partial charge on any atom is -0.385 e. The Bertz CT molecular complexity index is 670. The van der Waals surface area contributed by atoms with Crippen molar-refractivity contribution in [3.05, 3.63) is 36.7 Å². The maximum absolute atomic E-state index is 12.3. The van der Waals surface area contributed by atoms with Crippen molar-refractivity contribution in [2.24, 2.45) is 13.0 Å². The molecule has 3 heterocycles. The fraction of sp³-hybridized carbons (Fsp3) is 0.500. The number of aromatic nitrogens is 4. The van der Waals surface area contributed by atoms with E-state index >= 15 is 0 Å². The third kappa shape index (κ3) is 3.93. The highest BCUT2D eigenvalue weighted by molar-refractivity contribution is 7.99. The van der Waals surface area contributed by atoms with Crippen LogP contribution in [-0.2, 0) is 11.8 Å². The van der Waals surface area contributed by atoms with Crippen molar-refractivity contribution in [3.63, 3.8) is 0 Å². The standard InChI is InChI=1S/C16H21N5O2S/c1-20-10-7-17-15(20)14(23)12-3-8-21(9-4-12)13(22)11-24-16-18-5-2-6-19-16/h2,5-7,10,12,14,23H,3-4,8-9,11H2,1H3/t14-/m0/s1. The second-order valence-electron chi connectivity index (χ2n) is 5.88. The van der Waals surface area contributed by atoms with Crippen molar-refractivity contribution in [1.82, 2.24) is 24.4 Å². The molecule has 0 unspecified atom stereocenters. The van der Waals surface area contributed by atoms with E-state index in [0.29, 0.717) is 29.8 Å². The van der Waals surface area contributed by atoms with Crippen LogP contribution >= 0.6 is 11.8 Å². The number of amides is 1. The first-order chi connectivity index (χ1) is 11.6. The molecule has 128 valence electrons. The number of imidazole rings is 1. The Kier molecular flexibility index (Phi) is 5.47. The Balaban J connectivity index is 1.48. The summed E-state index contributed by atoms with van der Waals surface area (Å²) in [5, 5.41) is 11.1. The first-order valence-electron chi connectivity index (χ1n) is 7.98. The van der Waals surface area contributed by atoms with Crippen molar-refractivity contribution < 1.29 is 9.90 Å². The van der Waals surface area contributed by atoms with Gasteiger partial charge in [-0.05, 0) is 24.8 Å². The largest absolute Gasteiger partial charge is 0.385 e. The molecular weight excluding hydrogens is 326 g/mol. The van der Waals surface area contributed by atoms with Crippen LogP contribution in [-0.4, -0.2) is 54.3 Å². The molecule has 2 aromatic heterocycles. The van der Waals surface area contributed by atoms with Crippen molar-refractivity contribution >= 4 is 17.7 Å². The van der Waals surface area contributed by atoms with E-state index in [2.05, 4.69) is 15.0 Å². The molecular formula is C16H21N5O2S. The van der Waals surface area contributed by atoms with Gasteiger partial charge in [-0.25, -0.2) is 15.0 Å². The third-order valence-electron chi connectivity index (χ3n) is 4.33. The minimum absolute atomic E-state index is 0.0948. The summed E-state index contributed by atoms with van der Waals surface area (Å²) < 4.78 is 1.85. The zero-order valence-corrected chi connectivity index (χ0v) is 14.4. The fourth-order valence-electron chi connectivity index (χ4n) is 2.92. The van der Waals surface area contributed by atoms with Crippen LogP contribution in [0.4, 0.5) is 0 Å². The summed E-state index contributed by atoms with van der Waals surface area (Å²) >= 11 is 1.35. The van der Waals surface area contributed by atoms with Crippen LogP contribution in [0, 0.1) is 5.92 Å². The zero-order chi connectivity index (χ0) is 16.9. The van der Waals surface area contributed by atoms with Gasteiger partial charge >= 0.3 is 0 Å². The maximum Gasteiger partial charge on any atom is 0.233 e. The van der Waals surface area contributed by atoms with E-state index in [4.69, 9.17) is 0 Å². The predicted octanol–water partition coefficient (Wildman–Crippen LogP) is 1.27. The molecule has 7 nitrogen and oxygen atoms in total. The molecule has 24 heavy (non-hydrogen) atoms. The molecule has 1 amide bonds. The number of carbonyl (C=O) groups excluding carboxylic acids is 1. The molecule has 2 aromatic rings. The first kappa shape index (κ1) is 16.9. The van der Waals surface area contributed by atoms with Crippen LogP contribution in [0.2, 0.25) is 0 Å². The second-order valence-corrected chi connectivity index (χ2v) is 6.82. The maximum atomic E-state index is 12.3. The molecule has 1 aliphatic heterocycles. The number of carbonyl (C=O) groups is 1. The molecule has 1 N–H and O–H groups in total. The van der Waals surface area contributed by atoms with Gasteiger partial charge < -0.3 is 14.6 Å². The molecule has 0 spiro atoms. The van der Waals surface area contributed by atoms with Crippen LogP contribution in [0.15, 0.2) is 36.0 Å². The van der Waals surface area contributed by atoms with E-state index < -0.39 is 6.10 Å². The van der Waals surface area contributed by atoms with Gasteiger partial charge in [0.1, 0.15) is 11.9 Å². The van der Waals surface area contributed by atoms with Crippen molar-refractivity contribution in [1.29, 1.82) is 0 Å². The lowest BCUT2D eigenvalue weighted by Gasteiger charge is -2.34. The Hall–Kier alpha value is -1.93. The minimum atomic E-state index is -0.575. The number of nitrogens with zero attached hydrogens (tertiary/aromatic N) is 5. The average molecular weight is 347 g/mol. The van der Waals surface area contributed by atoms with E-state index in [1.165, 1.54) is 11.8 Å². The molecule has 1 atom stereocenters. The van der Waals surface area contributed by atoms with Crippen LogP contribution in [0.5, 0.6) is 0 Å². The lowest BCUT2D eigenvalue weighted by molar-refractivity contribution is -0.130. The van der Waals surface area contributed by atoms with Gasteiger partial charge in [-0.15, -0.1) is 0 Å². The van der Waals surface area contributed by atoms with E-state index in [0.717, 1.165) is 12.8 Å². The molecule has 0 saturated carbocycles. The average Bonchev–Trinajstić information content (AvgIpc) is 3.06. The molecule has 0 bridgehead atoms. The van der Waals surface area contributed by atoms with Crippen molar-refractivity contribution in [2.45, 2.75) is 24.1 Å². The number of piperidine rings is 1. The number of rotatable bonds is 5. The number of aliphatic hydroxyl groups is 1. The smallest absolute Gasteiger partial charge is 0.233 e. The summed E-state index contributed by atoms with van der Waals surface area (Å²) in [7, 11) is 1.88. The number of hydrogen-bond donors (Lipinski definition) is 1. The third-order valence-corrected chi connectivity index (χ3v) is 5.19. The SMILES string of the molecule is Cn1ccnc1[C@@H](O)C1CCN(C(=O)CSc2ncccn2)CC1. The highest BCUT2D eigenvalue weighted by atomic mass is 32.2. The van der Waals surface area contributed by atoms with Gasteiger partial charge in [0.15, 0.2) is 5.16 Å². The number of hydrogen-bond acceptors (Lipinski definition) is 6. The summed E-state index contributed by atoms with van der Waals surface area (Å²) in [6.45, 7) is 1.34. The topological polar surface area (TPSA) is 84.1 Å². The Labute approximate surface area is 145 Å². The van der Waals surface area contributed by atoms with Gasteiger partial charge in [0.25, 0.3) is 0 Å². The number of likely N-dealkylation sites (tertiary alicyclic amines) is 1. The van der Waals surface area contributed by atoms with Crippen molar-refractivity contribution in [3.8, 4) is 0 Å². The normalized spacial score (nSPS) is 17.0. The summed E-state index contributed by atoms with van der Waals surface area (Å²) in [5.74, 6) is 1.27. The highest BCUT2D eigenvalue weighted by Gasteiger charge is 2.30. The number of aryl methyl sites for hydroxylation is 1. The molecule has 8 heteroatoms. The summed E-state index contributed by atoms with van der Waals surface area (Å²) in [6.07, 6.45) is 7.86. The molecule has 1 aliphatic rings. The van der Waals surface area contributed by atoms with Crippen LogP contribution in [0.25, 0.3) is 0 Å². The van der Waals surface area contributed by atoms with Gasteiger partial charge in [-0.2, -0.15) is 0 Å². The van der Waals surface area contributed by atoms with Gasteiger partial charge in [-0.3, -0.25) is 4.79 Å². The van der Waals surface area contributed by atoms with Gasteiger partial charge in [-0.1, -0.05) is 11.8 Å². The van der Waals surface area contributed by atoms with Crippen molar-refractivity contribution in [2.75, 3.05) is 18.8 Å². The van der Waals surface area contributed by atoms with Crippen LogP contribution in [0.3, 0.4) is 0 Å². The lowest BCUT2D eigenvalue weighted by Crippen LogP contribution is -2.40. The number of aliphatic hydroxyl groups excluding tert-OH is 1. The van der Waals surface area contributed by atoms with Crippen LogP contribution < -0.4 is 0 Å². The zero-order valence-electron chi connectivity index (χ0n) is 13.6. The summed E-state index contributed by atoms with van der Waals surface area (Å²) in [4.78, 5) is 26.6. The monoisotopic (exact) mass is 347 g/mol. The van der Waals surface area contributed by atoms with Gasteiger partial charge in [0.05, 0.1) is 5.75 Å². The second kappa shape index (κ2) is 7.76. The van der Waals surface area contributed by atoms with E-state index in [-0.39, 0.29) is 11.8 Å². The van der Waals surface area contributed by atoms with E-state index in [9.17, 15) is 9.90 Å². The molecule has 0 aliphatic carbocycles. The Morgan fingerprint density at radius 1 is 1.29 bits per heavy atom. The van der Waals surface area contributed by atoms with Gasteiger partial charge in [0, 0.05) is 44.9 Å². The molecule has 1 saturated heterocycles. The molecule has 0 aromatic carbocycles. The number of thioether (sulfide) groups is 1. The predicted molar refractivity (Wildman–Crippen MR) is 90.2 cm³/mol. The van der Waals surface area contributed by atoms with E-state index in [1.54, 1.807) is 24.7 Å². The van der Waals surface area contributed by atoms with Crippen LogP contribution in [0.1, 0.15) is 24.8 Å².